The van der Waals surface area contributed by atoms with Crippen LogP contribution in [-0.2, 0) is 18.6 Å². The van der Waals surface area contributed by atoms with Gasteiger partial charge in [0.2, 0.25) is 11.9 Å². The van der Waals surface area contributed by atoms with Crippen molar-refractivity contribution in [3.8, 4) is 5.75 Å². The summed E-state index contributed by atoms with van der Waals surface area (Å²) in [7, 11) is -4.07. The monoisotopic (exact) mass is 760 g/mol. The fourth-order valence-corrected chi connectivity index (χ4v) is 6.86. The topological polar surface area (TPSA) is 180 Å². The maximum atomic E-state index is 14.1. The van der Waals surface area contributed by atoms with Gasteiger partial charge in [0, 0.05) is 31.3 Å². The molecule has 3 aromatic rings. The Morgan fingerprint density at radius 3 is 2.35 bits per heavy atom. The SMILES string of the molecule is CCC=CCC=CCC=CCC=CCC=CCCCC(=O)NCCNP(=O)(OCC1OC(n2cnc(N)nc2=O)CC1O)Oc1cccc2ccccc12. The fourth-order valence-electron chi connectivity index (χ4n) is 5.50. The smallest absolute Gasteiger partial charge is 0.413 e. The van der Waals surface area contributed by atoms with Crippen LogP contribution in [0.5, 0.6) is 5.75 Å². The molecule has 1 fully saturated rings. The number of hydrogen-bond acceptors (Lipinski definition) is 10. The Morgan fingerprint density at radius 2 is 1.65 bits per heavy atom. The lowest BCUT2D eigenvalue weighted by atomic mass is 10.1. The lowest BCUT2D eigenvalue weighted by Gasteiger charge is -2.23. The Balaban J connectivity index is 1.19. The third-order valence-corrected chi connectivity index (χ3v) is 9.86. The van der Waals surface area contributed by atoms with Crippen molar-refractivity contribution >= 4 is 30.4 Å². The molecule has 0 bridgehead atoms. The highest BCUT2D eigenvalue weighted by molar-refractivity contribution is 7.52. The Labute approximate surface area is 317 Å². The number of carbonyl (C=O) groups is 1. The molecule has 2 aromatic carbocycles. The maximum Gasteiger partial charge on any atom is 0.458 e. The standard InChI is InChI=1S/C40H53N6O7P/c1-2-3-4-5-6-7-8-9-10-11-12-13-14-15-16-17-18-26-37(48)42-27-28-44-54(50,53-35-25-21-23-32-22-19-20-24-33(32)35)51-30-36-34(47)29-38(52-36)46-31-43-39(41)45-40(46)49/h3-4,6-7,9-10,12-13,15-16,19-25,31,34,36,38,47H,2,5,8,11,14,17-18,26-30H2,1H3,(H,42,48)(H,44,50)(H2,41,45,49). The molecule has 0 aliphatic carbocycles. The Bertz CT molecular complexity index is 1870. The summed E-state index contributed by atoms with van der Waals surface area (Å²) in [5.74, 6) is 0.0365. The number of aliphatic hydroxyl groups is 1. The number of aliphatic hydroxyl groups excluding tert-OH is 1. The van der Waals surface area contributed by atoms with Crippen molar-refractivity contribution in [2.75, 3.05) is 25.4 Å². The van der Waals surface area contributed by atoms with E-state index in [2.05, 4.69) is 88.1 Å². The second-order valence-electron chi connectivity index (χ2n) is 12.6. The quantitative estimate of drug-likeness (QED) is 0.0451. The highest BCUT2D eigenvalue weighted by Gasteiger charge is 2.38. The molecule has 54 heavy (non-hydrogen) atoms. The van der Waals surface area contributed by atoms with E-state index in [-0.39, 0.29) is 38.0 Å². The van der Waals surface area contributed by atoms with Crippen molar-refractivity contribution in [3.05, 3.63) is 120 Å². The summed E-state index contributed by atoms with van der Waals surface area (Å²) < 4.78 is 32.9. The van der Waals surface area contributed by atoms with Crippen LogP contribution < -0.4 is 26.4 Å². The van der Waals surface area contributed by atoms with Crippen molar-refractivity contribution in [2.45, 2.75) is 83.1 Å². The average Bonchev–Trinajstić information content (AvgIpc) is 3.53. The lowest BCUT2D eigenvalue weighted by Crippen LogP contribution is -2.33. The molecule has 0 saturated carbocycles. The average molecular weight is 761 g/mol. The summed E-state index contributed by atoms with van der Waals surface area (Å²) in [5, 5.41) is 18.0. The summed E-state index contributed by atoms with van der Waals surface area (Å²) >= 11 is 0. The predicted octanol–water partition coefficient (Wildman–Crippen LogP) is 6.85. The number of benzene rings is 2. The van der Waals surface area contributed by atoms with E-state index in [9.17, 15) is 19.3 Å². The minimum Gasteiger partial charge on any atom is -0.413 e. The van der Waals surface area contributed by atoms with Gasteiger partial charge in [-0.25, -0.2) is 19.4 Å². The minimum atomic E-state index is -4.07. The van der Waals surface area contributed by atoms with Crippen LogP contribution in [0.15, 0.2) is 114 Å². The van der Waals surface area contributed by atoms with Gasteiger partial charge in [-0.2, -0.15) is 4.98 Å². The number of nitrogens with zero attached hydrogens (tertiary/aromatic N) is 3. The number of nitrogens with one attached hydrogen (secondary N) is 2. The van der Waals surface area contributed by atoms with E-state index in [1.807, 2.05) is 30.3 Å². The largest absolute Gasteiger partial charge is 0.458 e. The number of fused-ring (bicyclic) bond motifs is 1. The van der Waals surface area contributed by atoms with Crippen LogP contribution in [-0.4, -0.2) is 57.5 Å². The summed E-state index contributed by atoms with van der Waals surface area (Å²) in [6.45, 7) is 2.07. The number of carbonyl (C=O) groups excluding carboxylic acids is 1. The van der Waals surface area contributed by atoms with Crippen molar-refractivity contribution in [1.29, 1.82) is 0 Å². The van der Waals surface area contributed by atoms with Crippen LogP contribution >= 0.6 is 7.75 Å². The third kappa shape index (κ3) is 14.6. The number of amides is 1. The predicted molar refractivity (Wildman–Crippen MR) is 213 cm³/mol. The molecule has 1 saturated heterocycles. The first-order valence-electron chi connectivity index (χ1n) is 18.5. The van der Waals surface area contributed by atoms with Gasteiger partial charge in [0.05, 0.1) is 12.7 Å². The molecule has 4 unspecified atom stereocenters. The highest BCUT2D eigenvalue weighted by Crippen LogP contribution is 2.46. The van der Waals surface area contributed by atoms with E-state index in [0.29, 0.717) is 18.6 Å². The van der Waals surface area contributed by atoms with Crippen LogP contribution in [0, 0.1) is 0 Å². The zero-order valence-electron chi connectivity index (χ0n) is 30.9. The second kappa shape index (κ2) is 23.2. The molecular weight excluding hydrogens is 707 g/mol. The molecule has 1 aliphatic rings. The Hall–Kier alpha value is -4.65. The van der Waals surface area contributed by atoms with E-state index in [1.165, 1.54) is 6.33 Å². The van der Waals surface area contributed by atoms with Crippen LogP contribution in [0.25, 0.3) is 10.8 Å². The van der Waals surface area contributed by atoms with Gasteiger partial charge in [0.15, 0.2) is 0 Å². The molecule has 4 rings (SSSR count). The first-order chi connectivity index (χ1) is 26.3. The van der Waals surface area contributed by atoms with Gasteiger partial charge in [0.1, 0.15) is 24.4 Å². The molecule has 13 nitrogen and oxygen atoms in total. The highest BCUT2D eigenvalue weighted by atomic mass is 31.2. The molecule has 0 radical (unpaired) electrons. The summed E-state index contributed by atoms with van der Waals surface area (Å²) in [6.07, 6.45) is 26.6. The van der Waals surface area contributed by atoms with Crippen molar-refractivity contribution in [3.63, 3.8) is 0 Å². The van der Waals surface area contributed by atoms with E-state index in [4.69, 9.17) is 19.5 Å². The van der Waals surface area contributed by atoms with Crippen molar-refractivity contribution in [2.24, 2.45) is 0 Å². The first kappa shape index (κ1) is 42.1. The van der Waals surface area contributed by atoms with Crippen LogP contribution in [0.4, 0.5) is 5.95 Å². The second-order valence-corrected chi connectivity index (χ2v) is 14.3. The minimum absolute atomic E-state index is 0.0518. The van der Waals surface area contributed by atoms with Gasteiger partial charge in [-0.15, -0.1) is 0 Å². The maximum absolute atomic E-state index is 14.1. The number of nitrogens with two attached hydrogens (primary N) is 1. The third-order valence-electron chi connectivity index (χ3n) is 8.32. The molecular formula is C40H53N6O7P. The van der Waals surface area contributed by atoms with Gasteiger partial charge in [-0.05, 0) is 56.4 Å². The van der Waals surface area contributed by atoms with Gasteiger partial charge in [-0.1, -0.05) is 104 Å². The Kier molecular flexibility index (Phi) is 18.1. The molecule has 2 heterocycles. The number of hydrogen-bond donors (Lipinski definition) is 4. The number of anilines is 1. The zero-order chi connectivity index (χ0) is 38.4. The number of allylic oxidation sites excluding steroid dienone is 10. The van der Waals surface area contributed by atoms with Gasteiger partial charge < -0.3 is 25.4 Å². The molecule has 5 N–H and O–H groups in total. The van der Waals surface area contributed by atoms with Crippen LogP contribution in [0.2, 0.25) is 0 Å². The zero-order valence-corrected chi connectivity index (χ0v) is 31.8. The molecule has 0 spiro atoms. The van der Waals surface area contributed by atoms with E-state index < -0.39 is 31.9 Å². The molecule has 14 heteroatoms. The van der Waals surface area contributed by atoms with Gasteiger partial charge in [0.25, 0.3) is 0 Å². The van der Waals surface area contributed by atoms with Crippen molar-refractivity contribution in [1.82, 2.24) is 24.9 Å². The number of unbranched alkanes of at least 4 members (excludes halogenated alkanes) is 1. The van der Waals surface area contributed by atoms with Crippen LogP contribution in [0.3, 0.4) is 0 Å². The Morgan fingerprint density at radius 1 is 0.981 bits per heavy atom. The summed E-state index contributed by atoms with van der Waals surface area (Å²) in [5.41, 5.74) is 4.81. The number of nitrogen functional groups attached to an aromatic ring is 1. The number of rotatable bonds is 23. The first-order valence-corrected chi connectivity index (χ1v) is 20.0. The normalized spacial score (nSPS) is 18.9. The molecule has 1 aromatic heterocycles. The lowest BCUT2D eigenvalue weighted by molar-refractivity contribution is -0.121. The molecule has 1 amide bonds. The summed E-state index contributed by atoms with van der Waals surface area (Å²) in [6, 6.07) is 12.9. The van der Waals surface area contributed by atoms with Gasteiger partial charge >= 0.3 is 13.4 Å². The summed E-state index contributed by atoms with van der Waals surface area (Å²) in [4.78, 5) is 32.2. The van der Waals surface area contributed by atoms with Crippen molar-refractivity contribution < 1.29 is 28.3 Å². The molecule has 290 valence electrons. The molecule has 1 aliphatic heterocycles. The fraction of sp³-hybridized carbons (Fsp3) is 0.400. The van der Waals surface area contributed by atoms with E-state index in [0.717, 1.165) is 53.9 Å². The van der Waals surface area contributed by atoms with Crippen LogP contribution in [0.1, 0.15) is 70.9 Å². The number of aromatic nitrogens is 3. The van der Waals surface area contributed by atoms with E-state index >= 15 is 0 Å². The van der Waals surface area contributed by atoms with E-state index in [1.54, 1.807) is 12.1 Å². The molecule has 4 atom stereocenters. The van der Waals surface area contributed by atoms with Gasteiger partial charge in [-0.3, -0.25) is 13.9 Å². The number of ether oxygens (including phenoxy) is 1.